The monoisotopic (exact) mass is 386 g/mol. The molecule has 0 saturated heterocycles. The normalized spacial score (nSPS) is 11.4. The van der Waals surface area contributed by atoms with Crippen molar-refractivity contribution in [1.29, 1.82) is 5.26 Å². The summed E-state index contributed by atoms with van der Waals surface area (Å²) in [6.45, 7) is 1.99. The summed E-state index contributed by atoms with van der Waals surface area (Å²) in [5, 5.41) is 11.6. The Morgan fingerprint density at radius 2 is 1.88 bits per heavy atom. The minimum absolute atomic E-state index is 0.0350. The Labute approximate surface area is 150 Å². The number of hydrogen-bond donors (Lipinski definition) is 1. The van der Waals surface area contributed by atoms with Crippen LogP contribution in [0.25, 0.3) is 0 Å². The zero-order valence-electron chi connectivity index (χ0n) is 13.5. The number of ether oxygens (including phenoxy) is 1. The first-order chi connectivity index (χ1) is 11.6. The fourth-order valence-electron chi connectivity index (χ4n) is 2.30. The predicted molar refractivity (Wildman–Crippen MR) is 96.6 cm³/mol. The smallest absolute Gasteiger partial charge is 0.258 e. The van der Waals surface area contributed by atoms with Crippen LogP contribution in [-0.2, 0) is 11.2 Å². The maximum atomic E-state index is 12.1. The van der Waals surface area contributed by atoms with Crippen LogP contribution in [0.5, 0.6) is 5.75 Å². The van der Waals surface area contributed by atoms with Crippen LogP contribution in [0.1, 0.15) is 30.5 Å². The number of nitrogens with zero attached hydrogens (tertiary/aromatic N) is 1. The van der Waals surface area contributed by atoms with Crippen LogP contribution in [0, 0.1) is 11.3 Å². The van der Waals surface area contributed by atoms with E-state index in [-0.39, 0.29) is 18.6 Å². The summed E-state index contributed by atoms with van der Waals surface area (Å²) in [6.07, 6.45) is 1.17. The third kappa shape index (κ3) is 5.39. The maximum absolute atomic E-state index is 12.1. The molecule has 0 saturated carbocycles. The Bertz CT molecular complexity index is 706. The van der Waals surface area contributed by atoms with Crippen molar-refractivity contribution in [2.45, 2.75) is 25.8 Å². The molecule has 0 heterocycles. The van der Waals surface area contributed by atoms with E-state index >= 15 is 0 Å². The first kappa shape index (κ1) is 18.0. The third-order valence-electron chi connectivity index (χ3n) is 3.59. The van der Waals surface area contributed by atoms with Gasteiger partial charge in [-0.1, -0.05) is 47.1 Å². The highest BCUT2D eigenvalue weighted by Gasteiger charge is 2.13. The molecule has 1 atom stereocenters. The van der Waals surface area contributed by atoms with E-state index in [9.17, 15) is 4.79 Å². The molecule has 1 unspecified atom stereocenters. The Hall–Kier alpha value is -2.32. The van der Waals surface area contributed by atoms with Crippen LogP contribution in [0.2, 0.25) is 0 Å². The van der Waals surface area contributed by atoms with E-state index in [1.54, 1.807) is 12.1 Å². The maximum Gasteiger partial charge on any atom is 0.258 e. The molecule has 0 fully saturated rings. The molecule has 5 heteroatoms. The zero-order chi connectivity index (χ0) is 17.4. The number of benzene rings is 2. The number of carbonyl (C=O) groups excluding carboxylic acids is 1. The number of nitriles is 1. The summed E-state index contributed by atoms with van der Waals surface area (Å²) >= 11 is 3.41. The van der Waals surface area contributed by atoms with E-state index in [0.717, 1.165) is 22.0 Å². The fraction of sp³-hybridized carbons (Fsp3) is 0.263. The van der Waals surface area contributed by atoms with Gasteiger partial charge in [0.2, 0.25) is 0 Å². The lowest BCUT2D eigenvalue weighted by Crippen LogP contribution is -2.32. The summed E-state index contributed by atoms with van der Waals surface area (Å²) in [7, 11) is 0. The van der Waals surface area contributed by atoms with E-state index in [4.69, 9.17) is 10.00 Å². The van der Waals surface area contributed by atoms with Gasteiger partial charge in [0.05, 0.1) is 18.5 Å². The van der Waals surface area contributed by atoms with Crippen molar-refractivity contribution in [3.63, 3.8) is 0 Å². The van der Waals surface area contributed by atoms with Crippen LogP contribution >= 0.6 is 15.9 Å². The number of carbonyl (C=O) groups is 1. The molecule has 2 aromatic carbocycles. The van der Waals surface area contributed by atoms with Crippen LogP contribution in [0.4, 0.5) is 0 Å². The van der Waals surface area contributed by atoms with Gasteiger partial charge in [-0.3, -0.25) is 4.79 Å². The SMILES string of the molecule is CCC(NC(=O)COc1ccc(CC#N)cc1)c1ccc(Br)cc1. The lowest BCUT2D eigenvalue weighted by molar-refractivity contribution is -0.123. The third-order valence-corrected chi connectivity index (χ3v) is 4.12. The minimum atomic E-state index is -0.161. The van der Waals surface area contributed by atoms with E-state index in [1.165, 1.54) is 0 Å². The van der Waals surface area contributed by atoms with Crippen molar-refractivity contribution in [1.82, 2.24) is 5.32 Å². The molecule has 1 N–H and O–H groups in total. The summed E-state index contributed by atoms with van der Waals surface area (Å²) < 4.78 is 6.51. The Morgan fingerprint density at radius 3 is 2.46 bits per heavy atom. The summed E-state index contributed by atoms with van der Waals surface area (Å²) in [5.74, 6) is 0.453. The molecule has 24 heavy (non-hydrogen) atoms. The van der Waals surface area contributed by atoms with Crippen LogP contribution in [-0.4, -0.2) is 12.5 Å². The van der Waals surface area contributed by atoms with Gasteiger partial charge in [-0.15, -0.1) is 0 Å². The minimum Gasteiger partial charge on any atom is -0.484 e. The van der Waals surface area contributed by atoms with Gasteiger partial charge in [-0.25, -0.2) is 0 Å². The van der Waals surface area contributed by atoms with Gasteiger partial charge in [0.25, 0.3) is 5.91 Å². The lowest BCUT2D eigenvalue weighted by Gasteiger charge is -2.18. The van der Waals surface area contributed by atoms with E-state index in [0.29, 0.717) is 12.2 Å². The molecule has 0 aliphatic rings. The Balaban J connectivity index is 1.87. The molecule has 0 radical (unpaired) electrons. The van der Waals surface area contributed by atoms with Gasteiger partial charge >= 0.3 is 0 Å². The quantitative estimate of drug-likeness (QED) is 0.776. The average molecular weight is 387 g/mol. The largest absolute Gasteiger partial charge is 0.484 e. The van der Waals surface area contributed by atoms with Crippen molar-refractivity contribution in [2.24, 2.45) is 0 Å². The number of rotatable bonds is 7. The van der Waals surface area contributed by atoms with Crippen molar-refractivity contribution in [3.8, 4) is 11.8 Å². The fourth-order valence-corrected chi connectivity index (χ4v) is 2.56. The van der Waals surface area contributed by atoms with Crippen LogP contribution < -0.4 is 10.1 Å². The topological polar surface area (TPSA) is 62.1 Å². The summed E-state index contributed by atoms with van der Waals surface area (Å²) in [4.78, 5) is 12.1. The second-order valence-corrected chi connectivity index (χ2v) is 6.26. The van der Waals surface area contributed by atoms with Crippen molar-refractivity contribution >= 4 is 21.8 Å². The molecule has 0 spiro atoms. The standard InChI is InChI=1S/C19H19BrN2O2/c1-2-18(15-5-7-16(20)8-6-15)22-19(23)13-24-17-9-3-14(4-10-17)11-12-21/h3-10,18H,2,11,13H2,1H3,(H,22,23). The van der Waals surface area contributed by atoms with Crippen molar-refractivity contribution in [3.05, 3.63) is 64.1 Å². The van der Waals surface area contributed by atoms with Gasteiger partial charge in [0.15, 0.2) is 6.61 Å². The van der Waals surface area contributed by atoms with E-state index in [2.05, 4.69) is 27.3 Å². The number of amides is 1. The molecule has 0 bridgehead atoms. The molecule has 0 aliphatic heterocycles. The van der Waals surface area contributed by atoms with Crippen molar-refractivity contribution in [2.75, 3.05) is 6.61 Å². The van der Waals surface area contributed by atoms with Gasteiger partial charge < -0.3 is 10.1 Å². The Kier molecular flexibility index (Phi) is 6.83. The molecule has 0 aromatic heterocycles. The average Bonchev–Trinajstić information content (AvgIpc) is 2.60. The van der Waals surface area contributed by atoms with Gasteiger partial charge in [0.1, 0.15) is 5.75 Å². The van der Waals surface area contributed by atoms with Crippen LogP contribution in [0.15, 0.2) is 53.0 Å². The van der Waals surface area contributed by atoms with Crippen LogP contribution in [0.3, 0.4) is 0 Å². The van der Waals surface area contributed by atoms with E-state index in [1.807, 2.05) is 43.3 Å². The van der Waals surface area contributed by atoms with Crippen molar-refractivity contribution < 1.29 is 9.53 Å². The Morgan fingerprint density at radius 1 is 1.21 bits per heavy atom. The first-order valence-electron chi connectivity index (χ1n) is 7.76. The highest BCUT2D eigenvalue weighted by Crippen LogP contribution is 2.19. The zero-order valence-corrected chi connectivity index (χ0v) is 15.0. The van der Waals surface area contributed by atoms with Gasteiger partial charge in [-0.2, -0.15) is 5.26 Å². The first-order valence-corrected chi connectivity index (χ1v) is 8.55. The molecule has 1 amide bonds. The second kappa shape index (κ2) is 9.09. The highest BCUT2D eigenvalue weighted by molar-refractivity contribution is 9.10. The van der Waals surface area contributed by atoms with Gasteiger partial charge in [-0.05, 0) is 41.8 Å². The summed E-state index contributed by atoms with van der Waals surface area (Å²) in [6, 6.07) is 17.2. The number of hydrogen-bond acceptors (Lipinski definition) is 3. The number of nitrogens with one attached hydrogen (secondary N) is 1. The molecule has 4 nitrogen and oxygen atoms in total. The van der Waals surface area contributed by atoms with Gasteiger partial charge in [0, 0.05) is 4.47 Å². The molecular weight excluding hydrogens is 368 g/mol. The highest BCUT2D eigenvalue weighted by atomic mass is 79.9. The molecular formula is C19H19BrN2O2. The lowest BCUT2D eigenvalue weighted by atomic mass is 10.0. The van der Waals surface area contributed by atoms with E-state index < -0.39 is 0 Å². The predicted octanol–water partition coefficient (Wildman–Crippen LogP) is 4.16. The summed E-state index contributed by atoms with van der Waals surface area (Å²) in [5.41, 5.74) is 1.99. The molecule has 2 aromatic rings. The number of halogens is 1. The molecule has 2 rings (SSSR count). The second-order valence-electron chi connectivity index (χ2n) is 5.35. The molecule has 124 valence electrons. The molecule has 0 aliphatic carbocycles.